The highest BCUT2D eigenvalue weighted by atomic mass is 16.5. The second kappa shape index (κ2) is 8.37. The molecule has 29 heavy (non-hydrogen) atoms. The van der Waals surface area contributed by atoms with E-state index in [4.69, 9.17) is 13.9 Å². The van der Waals surface area contributed by atoms with Crippen LogP contribution in [0.5, 0.6) is 0 Å². The number of esters is 2. The Morgan fingerprint density at radius 3 is 2.76 bits per heavy atom. The number of furan rings is 1. The Kier molecular flexibility index (Phi) is 6.25. The highest BCUT2D eigenvalue weighted by Gasteiger charge is 2.57. The van der Waals surface area contributed by atoms with Crippen molar-refractivity contribution in [2.45, 2.75) is 72.3 Å². The first kappa shape index (κ1) is 21.7. The number of hydrogen-bond donors (Lipinski definition) is 0. The maximum Gasteiger partial charge on any atom is 0.311 e. The maximum absolute atomic E-state index is 12.7. The summed E-state index contributed by atoms with van der Waals surface area (Å²) < 4.78 is 15.9. The average Bonchev–Trinajstić information content (AvgIpc) is 3.12. The number of ether oxygens (including phenoxy) is 2. The smallest absolute Gasteiger partial charge is 0.311 e. The van der Waals surface area contributed by atoms with Crippen molar-refractivity contribution < 1.29 is 23.5 Å². The fourth-order valence-corrected chi connectivity index (χ4v) is 6.14. The number of methoxy groups -OCH3 is 1. The van der Waals surface area contributed by atoms with Crippen LogP contribution >= 0.6 is 0 Å². The fraction of sp³-hybridized carbons (Fsp3) is 0.667. The summed E-state index contributed by atoms with van der Waals surface area (Å²) in [5.74, 6) is 0.982. The zero-order valence-electron chi connectivity index (χ0n) is 18.2. The predicted molar refractivity (Wildman–Crippen MR) is 110 cm³/mol. The van der Waals surface area contributed by atoms with Gasteiger partial charge in [-0.2, -0.15) is 0 Å². The van der Waals surface area contributed by atoms with Gasteiger partial charge in [-0.3, -0.25) is 9.59 Å². The van der Waals surface area contributed by atoms with E-state index in [-0.39, 0.29) is 24.0 Å². The summed E-state index contributed by atoms with van der Waals surface area (Å²) in [6.45, 7) is 10.4. The van der Waals surface area contributed by atoms with Crippen LogP contribution in [-0.4, -0.2) is 19.0 Å². The molecule has 0 amide bonds. The highest BCUT2D eigenvalue weighted by Crippen LogP contribution is 2.62. The molecule has 0 spiro atoms. The first-order valence-electron chi connectivity index (χ1n) is 10.7. The van der Waals surface area contributed by atoms with Gasteiger partial charge >= 0.3 is 11.9 Å². The van der Waals surface area contributed by atoms with Crippen molar-refractivity contribution in [2.24, 2.45) is 22.7 Å². The maximum atomic E-state index is 12.7. The molecule has 4 atom stereocenters. The molecular weight excluding hydrogens is 368 g/mol. The Bertz CT molecular complexity index is 778. The van der Waals surface area contributed by atoms with E-state index in [9.17, 15) is 9.59 Å². The number of carbonyl (C=O) groups excluding carboxylic acids is 2. The van der Waals surface area contributed by atoms with Crippen molar-refractivity contribution in [3.8, 4) is 0 Å². The van der Waals surface area contributed by atoms with Gasteiger partial charge in [0.05, 0.1) is 18.8 Å². The number of aryl methyl sites for hydroxylation is 1. The Hall–Kier alpha value is -2.04. The van der Waals surface area contributed by atoms with Crippen LogP contribution in [0.15, 0.2) is 28.9 Å². The molecule has 0 N–H and O–H groups in total. The van der Waals surface area contributed by atoms with E-state index in [0.717, 1.165) is 50.5 Å². The summed E-state index contributed by atoms with van der Waals surface area (Å²) in [5.41, 5.74) is 1.99. The lowest BCUT2D eigenvalue weighted by molar-refractivity contribution is -0.168. The highest BCUT2D eigenvalue weighted by molar-refractivity contribution is 5.77. The molecule has 2 aliphatic rings. The minimum atomic E-state index is -0.420. The quantitative estimate of drug-likeness (QED) is 0.482. The topological polar surface area (TPSA) is 65.7 Å². The number of rotatable bonds is 6. The summed E-state index contributed by atoms with van der Waals surface area (Å²) in [4.78, 5) is 23.8. The van der Waals surface area contributed by atoms with Gasteiger partial charge in [-0.1, -0.05) is 25.5 Å². The van der Waals surface area contributed by atoms with Crippen LogP contribution in [0.25, 0.3) is 0 Å². The Morgan fingerprint density at radius 2 is 2.07 bits per heavy atom. The van der Waals surface area contributed by atoms with Gasteiger partial charge in [-0.05, 0) is 74.3 Å². The first-order chi connectivity index (χ1) is 13.7. The number of fused-ring (bicyclic) bond motifs is 1. The monoisotopic (exact) mass is 402 g/mol. The minimum Gasteiger partial charge on any atom is -0.469 e. The van der Waals surface area contributed by atoms with Crippen molar-refractivity contribution in [2.75, 3.05) is 7.11 Å². The third-order valence-electron chi connectivity index (χ3n) is 7.62. The summed E-state index contributed by atoms with van der Waals surface area (Å²) in [6.07, 6.45) is 8.45. The van der Waals surface area contributed by atoms with Crippen LogP contribution in [0.4, 0.5) is 0 Å². The summed E-state index contributed by atoms with van der Waals surface area (Å²) in [5, 5.41) is 0. The second-order valence-corrected chi connectivity index (χ2v) is 9.26. The number of allylic oxidation sites excluding steroid dienone is 1. The van der Waals surface area contributed by atoms with E-state index in [0.29, 0.717) is 17.6 Å². The van der Waals surface area contributed by atoms with Gasteiger partial charge in [0.2, 0.25) is 0 Å². The van der Waals surface area contributed by atoms with Crippen LogP contribution in [0.3, 0.4) is 0 Å². The zero-order valence-corrected chi connectivity index (χ0v) is 18.2. The van der Waals surface area contributed by atoms with Crippen molar-refractivity contribution in [1.82, 2.24) is 0 Å². The van der Waals surface area contributed by atoms with E-state index >= 15 is 0 Å². The van der Waals surface area contributed by atoms with Crippen molar-refractivity contribution in [3.63, 3.8) is 0 Å². The third-order valence-corrected chi connectivity index (χ3v) is 7.62. The molecule has 2 fully saturated rings. The van der Waals surface area contributed by atoms with Crippen molar-refractivity contribution in [3.05, 3.63) is 35.8 Å². The fourth-order valence-electron chi connectivity index (χ4n) is 6.14. The largest absolute Gasteiger partial charge is 0.469 e. The van der Waals surface area contributed by atoms with Crippen LogP contribution in [0.2, 0.25) is 0 Å². The van der Waals surface area contributed by atoms with Gasteiger partial charge in [0, 0.05) is 6.92 Å². The van der Waals surface area contributed by atoms with Gasteiger partial charge in [0.15, 0.2) is 0 Å². The molecule has 3 rings (SSSR count). The second-order valence-electron chi connectivity index (χ2n) is 9.26. The molecule has 2 aliphatic carbocycles. The van der Waals surface area contributed by atoms with Crippen molar-refractivity contribution >= 4 is 11.9 Å². The Morgan fingerprint density at radius 1 is 1.31 bits per heavy atom. The lowest BCUT2D eigenvalue weighted by Gasteiger charge is -2.57. The van der Waals surface area contributed by atoms with Crippen molar-refractivity contribution in [1.29, 1.82) is 0 Å². The summed E-state index contributed by atoms with van der Waals surface area (Å²) >= 11 is 0. The molecule has 1 heterocycles. The lowest BCUT2D eigenvalue weighted by atomic mass is 9.46. The SMILES string of the molecule is C=C1CC[C@H]2[C@](C)(CCC[C@]2(C)C(=O)OC)[C@H]1CCc1ccoc1COC(C)=O. The predicted octanol–water partition coefficient (Wildman–Crippen LogP) is 5.23. The molecule has 1 aromatic rings. The molecule has 0 aromatic carbocycles. The van der Waals surface area contributed by atoms with Gasteiger partial charge in [0.1, 0.15) is 12.4 Å². The molecule has 0 bridgehead atoms. The van der Waals surface area contributed by atoms with E-state index < -0.39 is 5.41 Å². The van der Waals surface area contributed by atoms with Gasteiger partial charge in [-0.25, -0.2) is 0 Å². The van der Waals surface area contributed by atoms with Crippen LogP contribution < -0.4 is 0 Å². The standard InChI is InChI=1S/C24H34O5/c1-16-7-10-21-23(3,12-6-13-24(21,4)22(26)27-5)19(16)9-8-18-11-14-28-20(18)15-29-17(2)25/h11,14,19,21H,1,6-10,12-13,15H2,2-5H3/t19-,21-,23+,24-/m0/s1. The molecule has 5 heteroatoms. The molecule has 0 radical (unpaired) electrons. The molecule has 0 saturated heterocycles. The third kappa shape index (κ3) is 4.01. The molecule has 1 aromatic heterocycles. The average molecular weight is 403 g/mol. The van der Waals surface area contributed by atoms with E-state index in [1.54, 1.807) is 6.26 Å². The van der Waals surface area contributed by atoms with Gasteiger partial charge < -0.3 is 13.9 Å². The van der Waals surface area contributed by atoms with Gasteiger partial charge in [0.25, 0.3) is 0 Å². The van der Waals surface area contributed by atoms with Crippen LogP contribution in [-0.2, 0) is 32.1 Å². The number of carbonyl (C=O) groups is 2. The zero-order chi connectivity index (χ0) is 21.2. The first-order valence-corrected chi connectivity index (χ1v) is 10.7. The molecule has 160 valence electrons. The van der Waals surface area contributed by atoms with E-state index in [1.807, 2.05) is 6.07 Å². The summed E-state index contributed by atoms with van der Waals surface area (Å²) in [7, 11) is 1.50. The lowest BCUT2D eigenvalue weighted by Crippen LogP contribution is -2.53. The number of hydrogen-bond acceptors (Lipinski definition) is 5. The molecule has 5 nitrogen and oxygen atoms in total. The normalized spacial score (nSPS) is 31.8. The van der Waals surface area contributed by atoms with E-state index in [1.165, 1.54) is 19.6 Å². The molecular formula is C24H34O5. The molecule has 2 saturated carbocycles. The molecule has 0 aliphatic heterocycles. The van der Waals surface area contributed by atoms with E-state index in [2.05, 4.69) is 20.4 Å². The Labute approximate surface area is 173 Å². The van der Waals surface area contributed by atoms with Gasteiger partial charge in [-0.15, -0.1) is 0 Å². The van der Waals surface area contributed by atoms with Crippen LogP contribution in [0, 0.1) is 22.7 Å². The minimum absolute atomic E-state index is 0.0380. The summed E-state index contributed by atoms with van der Waals surface area (Å²) in [6, 6.07) is 1.96. The van der Waals surface area contributed by atoms with Crippen LogP contribution in [0.1, 0.15) is 70.6 Å². The Balaban J connectivity index is 1.79. The molecule has 0 unspecified atom stereocenters.